The summed E-state index contributed by atoms with van der Waals surface area (Å²) < 4.78 is 2.03. The highest BCUT2D eigenvalue weighted by atomic mass is 35.5. The Hall–Kier alpha value is -2.93. The van der Waals surface area contributed by atoms with E-state index < -0.39 is 24.4 Å². The third-order valence-corrected chi connectivity index (χ3v) is 5.42. The number of imide groups is 2. The molecule has 1 fully saturated rings. The van der Waals surface area contributed by atoms with E-state index in [0.717, 1.165) is 28.3 Å². The molecule has 0 unspecified atom stereocenters. The number of hydrogen-bond acceptors (Lipinski definition) is 4. The monoisotopic (exact) mass is 415 g/mol. The van der Waals surface area contributed by atoms with Gasteiger partial charge in [0.1, 0.15) is 0 Å². The van der Waals surface area contributed by atoms with Crippen molar-refractivity contribution < 1.29 is 19.2 Å². The second-order valence-electron chi connectivity index (χ2n) is 6.96. The molecule has 1 saturated heterocycles. The smallest absolute Gasteiger partial charge is 0.334 e. The van der Waals surface area contributed by atoms with Crippen LogP contribution in [0.3, 0.4) is 0 Å². The fourth-order valence-electron chi connectivity index (χ4n) is 3.52. The van der Waals surface area contributed by atoms with Crippen molar-refractivity contribution in [2.24, 2.45) is 0 Å². The SMILES string of the molecule is CCN1C(=O)C(=O)N(CC(=O)c2cc(C)n(CCc3ccc(Cl)cc3)c2C)C1=O. The minimum Gasteiger partial charge on any atom is -0.348 e. The lowest BCUT2D eigenvalue weighted by atomic mass is 10.1. The number of aromatic nitrogens is 1. The van der Waals surface area contributed by atoms with Crippen LogP contribution >= 0.6 is 11.6 Å². The lowest BCUT2D eigenvalue weighted by molar-refractivity contribution is -0.143. The molecule has 0 spiro atoms. The molecule has 8 heteroatoms. The van der Waals surface area contributed by atoms with Gasteiger partial charge in [0.2, 0.25) is 0 Å². The summed E-state index contributed by atoms with van der Waals surface area (Å²) in [7, 11) is 0. The van der Waals surface area contributed by atoms with E-state index in [1.165, 1.54) is 0 Å². The number of urea groups is 1. The zero-order valence-corrected chi connectivity index (χ0v) is 17.3. The van der Waals surface area contributed by atoms with Crippen LogP contribution in [0.1, 0.15) is 34.2 Å². The Morgan fingerprint density at radius 3 is 2.21 bits per heavy atom. The molecule has 2 heterocycles. The molecule has 1 aromatic carbocycles. The summed E-state index contributed by atoms with van der Waals surface area (Å²) in [6.07, 6.45) is 0.768. The second-order valence-corrected chi connectivity index (χ2v) is 7.40. The van der Waals surface area contributed by atoms with Crippen LogP contribution in [0.5, 0.6) is 0 Å². The van der Waals surface area contributed by atoms with Crippen molar-refractivity contribution in [3.8, 4) is 0 Å². The number of aryl methyl sites for hydroxylation is 2. The minimum atomic E-state index is -0.957. The van der Waals surface area contributed by atoms with E-state index in [1.807, 2.05) is 42.7 Å². The maximum Gasteiger partial charge on any atom is 0.334 e. The van der Waals surface area contributed by atoms with Gasteiger partial charge in [-0.3, -0.25) is 19.3 Å². The predicted octanol–water partition coefficient (Wildman–Crippen LogP) is 2.99. The lowest BCUT2D eigenvalue weighted by Crippen LogP contribution is -2.37. The Bertz CT molecular complexity index is 994. The first-order valence-corrected chi connectivity index (χ1v) is 9.74. The molecule has 3 rings (SSSR count). The number of nitrogens with zero attached hydrogens (tertiary/aromatic N) is 3. The predicted molar refractivity (Wildman–Crippen MR) is 108 cm³/mol. The topological polar surface area (TPSA) is 79.7 Å². The van der Waals surface area contributed by atoms with E-state index in [2.05, 4.69) is 0 Å². The summed E-state index contributed by atoms with van der Waals surface area (Å²) in [5.74, 6) is -2.22. The fraction of sp³-hybridized carbons (Fsp3) is 0.333. The van der Waals surface area contributed by atoms with Crippen LogP contribution in [0.4, 0.5) is 4.79 Å². The van der Waals surface area contributed by atoms with E-state index in [4.69, 9.17) is 11.6 Å². The first kappa shape index (κ1) is 20.8. The van der Waals surface area contributed by atoms with E-state index in [9.17, 15) is 19.2 Å². The molecular formula is C21H22ClN3O4. The highest BCUT2D eigenvalue weighted by molar-refractivity contribution is 6.45. The molecule has 0 N–H and O–H groups in total. The highest BCUT2D eigenvalue weighted by Gasteiger charge is 2.44. The van der Waals surface area contributed by atoms with Crippen molar-refractivity contribution in [1.82, 2.24) is 14.4 Å². The standard InChI is InChI=1S/C21H22ClN3O4/c1-4-23-19(27)20(28)25(21(23)29)12-18(26)17-11-13(2)24(14(17)3)10-9-15-5-7-16(22)8-6-15/h5-8,11H,4,9-10,12H2,1-3H3. The molecule has 4 amide bonds. The summed E-state index contributed by atoms with van der Waals surface area (Å²) in [4.78, 5) is 50.4. The summed E-state index contributed by atoms with van der Waals surface area (Å²) in [5, 5.41) is 0.682. The maximum absolute atomic E-state index is 12.8. The van der Waals surface area contributed by atoms with Gasteiger partial charge in [0.25, 0.3) is 0 Å². The molecule has 0 bridgehead atoms. The number of hydrogen-bond donors (Lipinski definition) is 0. The molecule has 1 aliphatic rings. The molecule has 152 valence electrons. The van der Waals surface area contributed by atoms with Gasteiger partial charge in [-0.1, -0.05) is 23.7 Å². The average molecular weight is 416 g/mol. The van der Waals surface area contributed by atoms with Crippen LogP contribution < -0.4 is 0 Å². The fourth-order valence-corrected chi connectivity index (χ4v) is 3.64. The number of likely N-dealkylation sites (N-methyl/N-ethyl adjacent to an activating group) is 1. The van der Waals surface area contributed by atoms with Crippen molar-refractivity contribution in [3.05, 3.63) is 57.9 Å². The van der Waals surface area contributed by atoms with E-state index >= 15 is 0 Å². The summed E-state index contributed by atoms with van der Waals surface area (Å²) >= 11 is 5.92. The number of carbonyl (C=O) groups excluding carboxylic acids is 4. The van der Waals surface area contributed by atoms with Crippen LogP contribution in [-0.2, 0) is 22.6 Å². The van der Waals surface area contributed by atoms with E-state index in [1.54, 1.807) is 13.0 Å². The van der Waals surface area contributed by atoms with Gasteiger partial charge in [-0.2, -0.15) is 0 Å². The first-order valence-electron chi connectivity index (χ1n) is 9.36. The zero-order valence-electron chi connectivity index (χ0n) is 16.6. The number of benzene rings is 1. The molecule has 1 aliphatic heterocycles. The van der Waals surface area contributed by atoms with Crippen LogP contribution in [0.2, 0.25) is 5.02 Å². The third-order valence-electron chi connectivity index (χ3n) is 5.16. The Labute approximate surface area is 173 Å². The van der Waals surface area contributed by atoms with E-state index in [-0.39, 0.29) is 12.3 Å². The lowest BCUT2D eigenvalue weighted by Gasteiger charge is -2.13. The molecule has 2 aromatic rings. The maximum atomic E-state index is 12.8. The zero-order chi connectivity index (χ0) is 21.3. The molecular weight excluding hydrogens is 394 g/mol. The number of halogens is 1. The number of carbonyl (C=O) groups is 4. The van der Waals surface area contributed by atoms with Gasteiger partial charge in [-0.25, -0.2) is 9.69 Å². The van der Waals surface area contributed by atoms with Crippen molar-refractivity contribution in [3.63, 3.8) is 0 Å². The number of ketones is 1. The molecule has 0 saturated carbocycles. The van der Waals surface area contributed by atoms with Gasteiger partial charge in [-0.05, 0) is 51.0 Å². The average Bonchev–Trinajstić information content (AvgIpc) is 3.09. The molecule has 7 nitrogen and oxygen atoms in total. The summed E-state index contributed by atoms with van der Waals surface area (Å²) in [6.45, 7) is 5.66. The minimum absolute atomic E-state index is 0.0906. The molecule has 0 aliphatic carbocycles. The molecule has 0 radical (unpaired) electrons. The molecule has 29 heavy (non-hydrogen) atoms. The first-order chi connectivity index (χ1) is 13.7. The Morgan fingerprint density at radius 1 is 1.00 bits per heavy atom. The van der Waals surface area contributed by atoms with Crippen LogP contribution in [0.25, 0.3) is 0 Å². The molecule has 1 aromatic heterocycles. The number of rotatable bonds is 7. The largest absolute Gasteiger partial charge is 0.348 e. The van der Waals surface area contributed by atoms with Gasteiger partial charge in [0.15, 0.2) is 5.78 Å². The number of Topliss-reactive ketones (excluding diaryl/α,β-unsaturated/α-hetero) is 1. The van der Waals surface area contributed by atoms with Gasteiger partial charge >= 0.3 is 17.8 Å². The highest BCUT2D eigenvalue weighted by Crippen LogP contribution is 2.19. The van der Waals surface area contributed by atoms with Crippen molar-refractivity contribution in [2.45, 2.75) is 33.7 Å². The quantitative estimate of drug-likeness (QED) is 0.395. The summed E-state index contributed by atoms with van der Waals surface area (Å²) in [6, 6.07) is 8.61. The second kappa shape index (κ2) is 8.21. The number of amides is 4. The van der Waals surface area contributed by atoms with Crippen LogP contribution in [0.15, 0.2) is 30.3 Å². The third kappa shape index (κ3) is 3.96. The van der Waals surface area contributed by atoms with Crippen LogP contribution in [0, 0.1) is 13.8 Å². The Kier molecular flexibility index (Phi) is 5.88. The van der Waals surface area contributed by atoms with Crippen molar-refractivity contribution in [2.75, 3.05) is 13.1 Å². The van der Waals surface area contributed by atoms with Crippen LogP contribution in [-0.4, -0.2) is 51.1 Å². The normalized spacial score (nSPS) is 14.3. The van der Waals surface area contributed by atoms with E-state index in [0.29, 0.717) is 22.0 Å². The van der Waals surface area contributed by atoms with Crippen molar-refractivity contribution in [1.29, 1.82) is 0 Å². The van der Waals surface area contributed by atoms with Gasteiger partial charge in [0, 0.05) is 35.1 Å². The van der Waals surface area contributed by atoms with Crippen molar-refractivity contribution >= 4 is 35.2 Å². The molecule has 0 atom stereocenters. The summed E-state index contributed by atoms with van der Waals surface area (Å²) in [5.41, 5.74) is 3.24. The van der Waals surface area contributed by atoms with Gasteiger partial charge in [-0.15, -0.1) is 0 Å². The Balaban J connectivity index is 1.74. The van der Waals surface area contributed by atoms with Gasteiger partial charge < -0.3 is 4.57 Å². The Morgan fingerprint density at radius 2 is 1.62 bits per heavy atom. The van der Waals surface area contributed by atoms with Gasteiger partial charge in [0.05, 0.1) is 6.54 Å².